The van der Waals surface area contributed by atoms with Gasteiger partial charge in [-0.25, -0.2) is 0 Å². The van der Waals surface area contributed by atoms with Crippen molar-refractivity contribution < 1.29 is 4.79 Å². The van der Waals surface area contributed by atoms with E-state index in [1.165, 1.54) is 0 Å². The average molecular weight is 350 g/mol. The lowest BCUT2D eigenvalue weighted by Gasteiger charge is -2.26. The highest BCUT2D eigenvalue weighted by atomic mass is 79.9. The van der Waals surface area contributed by atoms with Gasteiger partial charge in [-0.1, -0.05) is 29.8 Å². The van der Waals surface area contributed by atoms with E-state index in [2.05, 4.69) is 21.2 Å². The zero-order chi connectivity index (χ0) is 13.8. The fraction of sp³-hybridized carbons (Fsp3) is 0.500. The van der Waals surface area contributed by atoms with Gasteiger partial charge in [-0.15, -0.1) is 12.4 Å². The summed E-state index contributed by atoms with van der Waals surface area (Å²) in [5.74, 6) is -0.0730. The second-order valence-corrected chi connectivity index (χ2v) is 5.69. The van der Waals surface area contributed by atoms with Crippen molar-refractivity contribution in [3.05, 3.63) is 33.8 Å². The largest absolute Gasteiger partial charge is 0.350 e. The molecular formula is C14H22BrClN2O. The maximum absolute atomic E-state index is 12.0. The predicted molar refractivity (Wildman–Crippen MR) is 86.0 cm³/mol. The standard InChI is InChI=1S/C14H21BrN2O.ClH/c1-4-14(16,5-2)9-17-13(18)11-6-10(3)7-12(15)8-11;/h6-8H,4-5,9,16H2,1-3H3,(H,17,18);1H. The number of carbonyl (C=O) groups is 1. The van der Waals surface area contributed by atoms with Gasteiger partial charge in [0.15, 0.2) is 0 Å². The number of carbonyl (C=O) groups excluding carboxylic acids is 1. The second-order valence-electron chi connectivity index (χ2n) is 4.77. The van der Waals surface area contributed by atoms with Crippen LogP contribution in [0, 0.1) is 6.92 Å². The van der Waals surface area contributed by atoms with Gasteiger partial charge in [0.25, 0.3) is 5.91 Å². The number of nitrogens with two attached hydrogens (primary N) is 1. The molecule has 0 spiro atoms. The minimum atomic E-state index is -0.309. The molecule has 1 aromatic carbocycles. The van der Waals surface area contributed by atoms with Crippen LogP contribution in [-0.2, 0) is 0 Å². The topological polar surface area (TPSA) is 55.1 Å². The van der Waals surface area contributed by atoms with Gasteiger partial charge in [-0.3, -0.25) is 4.79 Å². The van der Waals surface area contributed by atoms with Gasteiger partial charge in [0.2, 0.25) is 0 Å². The summed E-state index contributed by atoms with van der Waals surface area (Å²) in [6.45, 7) is 6.55. The number of hydrogen-bond donors (Lipinski definition) is 2. The first-order chi connectivity index (χ1) is 8.40. The van der Waals surface area contributed by atoms with Crippen molar-refractivity contribution in [2.75, 3.05) is 6.54 Å². The molecule has 0 atom stereocenters. The molecule has 0 aliphatic heterocycles. The number of amides is 1. The summed E-state index contributed by atoms with van der Waals surface area (Å²) in [6.07, 6.45) is 1.70. The molecule has 3 nitrogen and oxygen atoms in total. The lowest BCUT2D eigenvalue weighted by molar-refractivity contribution is 0.0942. The first-order valence-corrected chi connectivity index (χ1v) is 7.04. The molecule has 5 heteroatoms. The smallest absolute Gasteiger partial charge is 0.251 e. The van der Waals surface area contributed by atoms with Crippen molar-refractivity contribution >= 4 is 34.2 Å². The molecule has 1 amide bonds. The van der Waals surface area contributed by atoms with E-state index in [0.717, 1.165) is 22.9 Å². The Balaban J connectivity index is 0.00000324. The van der Waals surface area contributed by atoms with Crippen LogP contribution in [0.4, 0.5) is 0 Å². The molecule has 0 aromatic heterocycles. The van der Waals surface area contributed by atoms with Crippen LogP contribution in [0.1, 0.15) is 42.6 Å². The molecule has 0 unspecified atom stereocenters. The fourth-order valence-corrected chi connectivity index (χ4v) is 2.33. The van der Waals surface area contributed by atoms with Crippen molar-refractivity contribution in [1.82, 2.24) is 5.32 Å². The summed E-state index contributed by atoms with van der Waals surface area (Å²) >= 11 is 3.39. The summed E-state index contributed by atoms with van der Waals surface area (Å²) in [4.78, 5) is 12.0. The molecule has 0 saturated carbocycles. The van der Waals surface area contributed by atoms with E-state index in [-0.39, 0.29) is 23.9 Å². The number of rotatable bonds is 5. The van der Waals surface area contributed by atoms with E-state index in [1.807, 2.05) is 39.0 Å². The minimum absolute atomic E-state index is 0. The molecule has 1 rings (SSSR count). The van der Waals surface area contributed by atoms with E-state index in [0.29, 0.717) is 12.1 Å². The van der Waals surface area contributed by atoms with Crippen LogP contribution < -0.4 is 11.1 Å². The Kier molecular flexibility index (Phi) is 7.64. The maximum Gasteiger partial charge on any atom is 0.251 e. The Labute approximate surface area is 129 Å². The Bertz CT molecular complexity index is 413. The average Bonchev–Trinajstić information content (AvgIpc) is 2.34. The number of aryl methyl sites for hydroxylation is 1. The van der Waals surface area contributed by atoms with Crippen LogP contribution in [0.3, 0.4) is 0 Å². The quantitative estimate of drug-likeness (QED) is 0.855. The van der Waals surface area contributed by atoms with E-state index in [1.54, 1.807) is 0 Å². The van der Waals surface area contributed by atoms with Gasteiger partial charge in [-0.05, 0) is 43.5 Å². The summed E-state index contributed by atoms with van der Waals surface area (Å²) in [6, 6.07) is 5.66. The molecular weight excluding hydrogens is 328 g/mol. The van der Waals surface area contributed by atoms with Crippen LogP contribution in [0.25, 0.3) is 0 Å². The monoisotopic (exact) mass is 348 g/mol. The highest BCUT2D eigenvalue weighted by molar-refractivity contribution is 9.10. The third-order valence-electron chi connectivity index (χ3n) is 3.31. The van der Waals surface area contributed by atoms with Gasteiger partial charge >= 0.3 is 0 Å². The van der Waals surface area contributed by atoms with E-state index in [4.69, 9.17) is 5.73 Å². The van der Waals surface area contributed by atoms with Gasteiger partial charge in [0.05, 0.1) is 0 Å². The highest BCUT2D eigenvalue weighted by Gasteiger charge is 2.21. The molecule has 0 aliphatic carbocycles. The number of benzene rings is 1. The van der Waals surface area contributed by atoms with Gasteiger partial charge in [0.1, 0.15) is 0 Å². The van der Waals surface area contributed by atoms with Crippen LogP contribution >= 0.6 is 28.3 Å². The van der Waals surface area contributed by atoms with E-state index >= 15 is 0 Å². The van der Waals surface area contributed by atoms with Crippen molar-refractivity contribution in [3.63, 3.8) is 0 Å². The third-order valence-corrected chi connectivity index (χ3v) is 3.77. The van der Waals surface area contributed by atoms with Crippen LogP contribution in [-0.4, -0.2) is 18.0 Å². The summed E-state index contributed by atoms with van der Waals surface area (Å²) in [5, 5.41) is 2.91. The Hall–Kier alpha value is -0.580. The first-order valence-electron chi connectivity index (χ1n) is 6.24. The maximum atomic E-state index is 12.0. The lowest BCUT2D eigenvalue weighted by Crippen LogP contribution is -2.49. The molecule has 0 bridgehead atoms. The molecule has 0 fully saturated rings. The summed E-state index contributed by atoms with van der Waals surface area (Å²) < 4.78 is 0.914. The van der Waals surface area contributed by atoms with E-state index in [9.17, 15) is 4.79 Å². The lowest BCUT2D eigenvalue weighted by atomic mass is 9.94. The van der Waals surface area contributed by atoms with Crippen molar-refractivity contribution in [1.29, 1.82) is 0 Å². The van der Waals surface area contributed by atoms with Gasteiger partial charge in [0, 0.05) is 22.1 Å². The number of nitrogens with one attached hydrogen (secondary N) is 1. The molecule has 19 heavy (non-hydrogen) atoms. The number of hydrogen-bond acceptors (Lipinski definition) is 2. The van der Waals surface area contributed by atoms with Crippen molar-refractivity contribution in [2.24, 2.45) is 5.73 Å². The normalized spacial score (nSPS) is 10.8. The molecule has 0 radical (unpaired) electrons. The first kappa shape index (κ1) is 18.4. The Morgan fingerprint density at radius 2 is 1.89 bits per heavy atom. The predicted octanol–water partition coefficient (Wildman–Crippen LogP) is 3.43. The van der Waals surface area contributed by atoms with Crippen molar-refractivity contribution in [2.45, 2.75) is 39.2 Å². The Morgan fingerprint density at radius 3 is 2.37 bits per heavy atom. The molecule has 3 N–H and O–H groups in total. The zero-order valence-corrected chi connectivity index (χ0v) is 14.0. The summed E-state index contributed by atoms with van der Waals surface area (Å²) in [7, 11) is 0. The molecule has 0 aliphatic rings. The second kappa shape index (κ2) is 7.88. The van der Waals surface area contributed by atoms with Crippen LogP contribution in [0.2, 0.25) is 0 Å². The zero-order valence-electron chi connectivity index (χ0n) is 11.6. The fourth-order valence-electron chi connectivity index (χ4n) is 1.73. The SMILES string of the molecule is CCC(N)(CC)CNC(=O)c1cc(C)cc(Br)c1.Cl. The van der Waals surface area contributed by atoms with Gasteiger partial charge in [-0.2, -0.15) is 0 Å². The number of halogens is 2. The van der Waals surface area contributed by atoms with E-state index < -0.39 is 0 Å². The Morgan fingerprint density at radius 1 is 1.32 bits per heavy atom. The molecule has 108 valence electrons. The highest BCUT2D eigenvalue weighted by Crippen LogP contribution is 2.16. The molecule has 0 heterocycles. The van der Waals surface area contributed by atoms with Crippen LogP contribution in [0.15, 0.2) is 22.7 Å². The van der Waals surface area contributed by atoms with Crippen molar-refractivity contribution in [3.8, 4) is 0 Å². The summed E-state index contributed by atoms with van der Waals surface area (Å²) in [5.41, 5.74) is 7.57. The molecule has 0 saturated heterocycles. The molecule has 1 aromatic rings. The van der Waals surface area contributed by atoms with Crippen LogP contribution in [0.5, 0.6) is 0 Å². The minimum Gasteiger partial charge on any atom is -0.350 e. The third kappa shape index (κ3) is 5.51. The van der Waals surface area contributed by atoms with Gasteiger partial charge < -0.3 is 11.1 Å².